The number of hydrogen-bond donors (Lipinski definition) is 2. The summed E-state index contributed by atoms with van der Waals surface area (Å²) in [6, 6.07) is 16.8. The lowest BCUT2D eigenvalue weighted by Crippen LogP contribution is -2.10. The van der Waals surface area contributed by atoms with Crippen LogP contribution < -0.4 is 10.3 Å². The lowest BCUT2D eigenvalue weighted by Gasteiger charge is -2.17. The predicted octanol–water partition coefficient (Wildman–Crippen LogP) is 5.57. The molecule has 2 N–H and O–H groups in total. The summed E-state index contributed by atoms with van der Waals surface area (Å²) in [6.45, 7) is 6.01. The van der Waals surface area contributed by atoms with E-state index in [1.807, 2.05) is 43.3 Å². The zero-order valence-corrected chi connectivity index (χ0v) is 16.6. The molecule has 4 nitrogen and oxygen atoms in total. The van der Waals surface area contributed by atoms with Gasteiger partial charge in [-0.05, 0) is 60.4 Å². The van der Waals surface area contributed by atoms with E-state index in [0.29, 0.717) is 17.6 Å². The standard InChI is InChI=1S/C25H23NO3/c1-15(2)9-11-19-20-14-22(16-7-5-4-6-8-16)26-25(28)23(20)18-12-10-17(27)13-21(18)24(19)29-3/h4-8,10,12-14,27H,1,9,11H2,2-3H3,(H,26,28). The number of aromatic amines is 1. The molecule has 0 aliphatic heterocycles. The summed E-state index contributed by atoms with van der Waals surface area (Å²) in [6.07, 6.45) is 1.47. The number of pyridine rings is 1. The lowest BCUT2D eigenvalue weighted by molar-refractivity contribution is 0.415. The van der Waals surface area contributed by atoms with Crippen LogP contribution in [0.25, 0.3) is 32.8 Å². The summed E-state index contributed by atoms with van der Waals surface area (Å²) in [5.41, 5.74) is 3.56. The number of benzene rings is 3. The highest BCUT2D eigenvalue weighted by Crippen LogP contribution is 2.40. The molecule has 0 saturated carbocycles. The number of allylic oxidation sites excluding steroid dienone is 1. The van der Waals surface area contributed by atoms with Crippen LogP contribution in [0.1, 0.15) is 18.9 Å². The average Bonchev–Trinajstić information content (AvgIpc) is 2.71. The molecule has 0 radical (unpaired) electrons. The summed E-state index contributed by atoms with van der Waals surface area (Å²) in [5.74, 6) is 0.826. The van der Waals surface area contributed by atoms with Gasteiger partial charge < -0.3 is 14.8 Å². The Morgan fingerprint density at radius 1 is 1.07 bits per heavy atom. The van der Waals surface area contributed by atoms with E-state index in [1.165, 1.54) is 0 Å². The van der Waals surface area contributed by atoms with Crippen LogP contribution in [0.2, 0.25) is 0 Å². The molecule has 1 aromatic heterocycles. The van der Waals surface area contributed by atoms with E-state index in [-0.39, 0.29) is 11.3 Å². The normalized spacial score (nSPS) is 11.1. The average molecular weight is 385 g/mol. The highest BCUT2D eigenvalue weighted by Gasteiger charge is 2.19. The second kappa shape index (κ2) is 7.47. The van der Waals surface area contributed by atoms with Gasteiger partial charge in [0.1, 0.15) is 11.5 Å². The first-order valence-corrected chi connectivity index (χ1v) is 9.58. The van der Waals surface area contributed by atoms with Crippen molar-refractivity contribution in [2.75, 3.05) is 7.11 Å². The topological polar surface area (TPSA) is 62.3 Å². The summed E-state index contributed by atoms with van der Waals surface area (Å²) in [5, 5.41) is 13.0. The molecule has 4 rings (SSSR count). The summed E-state index contributed by atoms with van der Waals surface area (Å²) >= 11 is 0. The number of aryl methyl sites for hydroxylation is 1. The van der Waals surface area contributed by atoms with Crippen LogP contribution in [-0.4, -0.2) is 17.2 Å². The quantitative estimate of drug-likeness (QED) is 0.349. The van der Waals surface area contributed by atoms with Crippen molar-refractivity contribution in [3.63, 3.8) is 0 Å². The fraction of sp³-hybridized carbons (Fsp3) is 0.160. The molecular weight excluding hydrogens is 362 g/mol. The van der Waals surface area contributed by atoms with Gasteiger partial charge in [0, 0.05) is 16.6 Å². The molecule has 0 amide bonds. The second-order valence-electron chi connectivity index (χ2n) is 7.37. The number of aromatic nitrogens is 1. The lowest BCUT2D eigenvalue weighted by atomic mass is 9.92. The number of phenols is 1. The summed E-state index contributed by atoms with van der Waals surface area (Å²) < 4.78 is 5.79. The van der Waals surface area contributed by atoms with Gasteiger partial charge >= 0.3 is 0 Å². The molecule has 4 aromatic rings. The van der Waals surface area contributed by atoms with Crippen molar-refractivity contribution in [3.8, 4) is 22.8 Å². The van der Waals surface area contributed by atoms with Crippen molar-refractivity contribution >= 4 is 21.5 Å². The smallest absolute Gasteiger partial charge is 0.256 e. The fourth-order valence-corrected chi connectivity index (χ4v) is 3.88. The molecular formula is C25H23NO3. The van der Waals surface area contributed by atoms with E-state index >= 15 is 0 Å². The monoisotopic (exact) mass is 385 g/mol. The fourth-order valence-electron chi connectivity index (χ4n) is 3.88. The van der Waals surface area contributed by atoms with Crippen molar-refractivity contribution in [2.24, 2.45) is 0 Å². The first-order chi connectivity index (χ1) is 14.0. The third kappa shape index (κ3) is 3.38. The number of methoxy groups -OCH3 is 1. The van der Waals surface area contributed by atoms with E-state index in [4.69, 9.17) is 4.74 Å². The molecule has 0 aliphatic rings. The number of H-pyrrole nitrogens is 1. The highest BCUT2D eigenvalue weighted by atomic mass is 16.5. The largest absolute Gasteiger partial charge is 0.508 e. The second-order valence-corrected chi connectivity index (χ2v) is 7.37. The Kier molecular flexibility index (Phi) is 4.85. The Morgan fingerprint density at radius 2 is 1.83 bits per heavy atom. The van der Waals surface area contributed by atoms with E-state index < -0.39 is 0 Å². The molecule has 4 heteroatoms. The Hall–Kier alpha value is -3.53. The molecule has 0 saturated heterocycles. The van der Waals surface area contributed by atoms with Crippen molar-refractivity contribution in [3.05, 3.63) is 82.7 Å². The molecule has 29 heavy (non-hydrogen) atoms. The van der Waals surface area contributed by atoms with Gasteiger partial charge in [0.25, 0.3) is 5.56 Å². The first-order valence-electron chi connectivity index (χ1n) is 9.58. The number of aromatic hydroxyl groups is 1. The van der Waals surface area contributed by atoms with Gasteiger partial charge in [-0.2, -0.15) is 0 Å². The minimum atomic E-state index is -0.156. The number of rotatable bonds is 5. The van der Waals surface area contributed by atoms with E-state index in [2.05, 4.69) is 11.6 Å². The maximum atomic E-state index is 13.2. The third-order valence-corrected chi connectivity index (χ3v) is 5.24. The number of ether oxygens (including phenoxy) is 1. The number of fused-ring (bicyclic) bond motifs is 3. The highest BCUT2D eigenvalue weighted by molar-refractivity contribution is 6.12. The predicted molar refractivity (Wildman–Crippen MR) is 119 cm³/mol. The van der Waals surface area contributed by atoms with Crippen LogP contribution in [0.5, 0.6) is 11.5 Å². The van der Waals surface area contributed by atoms with Crippen molar-refractivity contribution in [2.45, 2.75) is 19.8 Å². The Labute approximate surface area is 169 Å². The van der Waals surface area contributed by atoms with Crippen molar-refractivity contribution < 1.29 is 9.84 Å². The molecule has 0 aliphatic carbocycles. The van der Waals surface area contributed by atoms with Gasteiger partial charge in [-0.15, -0.1) is 6.58 Å². The Morgan fingerprint density at radius 3 is 2.52 bits per heavy atom. The molecule has 0 atom stereocenters. The Balaban J connectivity index is 2.14. The van der Waals surface area contributed by atoms with Crippen LogP contribution in [-0.2, 0) is 6.42 Å². The van der Waals surface area contributed by atoms with E-state index in [9.17, 15) is 9.90 Å². The maximum absolute atomic E-state index is 13.2. The van der Waals surface area contributed by atoms with Crippen LogP contribution in [0.15, 0.2) is 71.5 Å². The molecule has 0 unspecified atom stereocenters. The van der Waals surface area contributed by atoms with Gasteiger partial charge in [0.2, 0.25) is 0 Å². The van der Waals surface area contributed by atoms with Gasteiger partial charge in [0.05, 0.1) is 12.5 Å². The minimum absolute atomic E-state index is 0.137. The molecule has 0 fully saturated rings. The van der Waals surface area contributed by atoms with Crippen molar-refractivity contribution in [1.29, 1.82) is 0 Å². The third-order valence-electron chi connectivity index (χ3n) is 5.24. The molecule has 0 spiro atoms. The molecule has 0 bridgehead atoms. The van der Waals surface area contributed by atoms with E-state index in [0.717, 1.165) is 45.0 Å². The van der Waals surface area contributed by atoms with Gasteiger partial charge in [-0.3, -0.25) is 4.79 Å². The van der Waals surface area contributed by atoms with Crippen LogP contribution in [0.4, 0.5) is 0 Å². The van der Waals surface area contributed by atoms with Gasteiger partial charge in [-0.1, -0.05) is 35.9 Å². The molecule has 1 heterocycles. The number of phenolic OH excluding ortho intramolecular Hbond substituents is 1. The Bertz CT molecular complexity index is 1290. The zero-order valence-electron chi connectivity index (χ0n) is 16.6. The number of nitrogens with one attached hydrogen (secondary N) is 1. The minimum Gasteiger partial charge on any atom is -0.508 e. The van der Waals surface area contributed by atoms with Gasteiger partial charge in [-0.25, -0.2) is 0 Å². The van der Waals surface area contributed by atoms with Crippen molar-refractivity contribution in [1.82, 2.24) is 4.98 Å². The number of hydrogen-bond acceptors (Lipinski definition) is 3. The first kappa shape index (κ1) is 18.8. The van der Waals surface area contributed by atoms with Gasteiger partial charge in [0.15, 0.2) is 0 Å². The molecule has 3 aromatic carbocycles. The van der Waals surface area contributed by atoms with Crippen LogP contribution in [0.3, 0.4) is 0 Å². The molecule has 146 valence electrons. The summed E-state index contributed by atoms with van der Waals surface area (Å²) in [4.78, 5) is 16.2. The van der Waals surface area contributed by atoms with Crippen LogP contribution in [0, 0.1) is 0 Å². The maximum Gasteiger partial charge on any atom is 0.256 e. The van der Waals surface area contributed by atoms with E-state index in [1.54, 1.807) is 25.3 Å². The van der Waals surface area contributed by atoms with Crippen LogP contribution >= 0.6 is 0 Å². The zero-order chi connectivity index (χ0) is 20.5. The SMILES string of the molecule is C=C(C)CCc1c(OC)c2cc(O)ccc2c2c(=O)[nH]c(-c3ccccc3)cc12. The summed E-state index contributed by atoms with van der Waals surface area (Å²) in [7, 11) is 1.63.